The van der Waals surface area contributed by atoms with Crippen LogP contribution in [0.5, 0.6) is 0 Å². The molecule has 0 amide bonds. The van der Waals surface area contributed by atoms with Gasteiger partial charge in [-0.3, -0.25) is 4.99 Å². The van der Waals surface area contributed by atoms with Crippen molar-refractivity contribution in [1.82, 2.24) is 15.5 Å². The van der Waals surface area contributed by atoms with Crippen LogP contribution in [0, 0.1) is 0 Å². The molecule has 2 N–H and O–H groups in total. The first-order valence-corrected chi connectivity index (χ1v) is 9.88. The van der Waals surface area contributed by atoms with Gasteiger partial charge in [-0.15, -0.1) is 0 Å². The van der Waals surface area contributed by atoms with Crippen LogP contribution in [0.2, 0.25) is 0 Å². The molecule has 0 bridgehead atoms. The molecule has 0 aromatic rings. The summed E-state index contributed by atoms with van der Waals surface area (Å²) in [5, 5.41) is 6.69. The lowest BCUT2D eigenvalue weighted by atomic mass is 9.94. The number of guanidine groups is 1. The number of nitrogens with one attached hydrogen (secondary N) is 2. The largest absolute Gasteiger partial charge is 0.357 e. The van der Waals surface area contributed by atoms with Crippen LogP contribution in [0.3, 0.4) is 0 Å². The number of hydrogen-bond acceptors (Lipinski definition) is 3. The number of aliphatic imine (C=N–C) groups is 1. The van der Waals surface area contributed by atoms with Crippen molar-refractivity contribution in [3.05, 3.63) is 0 Å². The number of rotatable bonds is 9. The third kappa shape index (κ3) is 8.57. The minimum absolute atomic E-state index is 0.815. The average molecular weight is 315 g/mol. The molecule has 0 atom stereocenters. The Morgan fingerprint density at radius 1 is 1.24 bits per heavy atom. The standard InChI is InChI=1S/C16H34N4S/c1-4-17-16(19-12-14-21-3)18-11-8-13-20(2)15-9-6-5-7-10-15/h15H,4-14H2,1-3H3,(H2,17,18,19). The van der Waals surface area contributed by atoms with Crippen molar-refractivity contribution < 1.29 is 0 Å². The van der Waals surface area contributed by atoms with Crippen molar-refractivity contribution in [3.8, 4) is 0 Å². The Bertz CT molecular complexity index is 277. The van der Waals surface area contributed by atoms with Gasteiger partial charge in [0.1, 0.15) is 0 Å². The van der Waals surface area contributed by atoms with Crippen molar-refractivity contribution in [1.29, 1.82) is 0 Å². The van der Waals surface area contributed by atoms with E-state index >= 15 is 0 Å². The van der Waals surface area contributed by atoms with Crippen molar-refractivity contribution in [2.24, 2.45) is 4.99 Å². The molecular weight excluding hydrogens is 280 g/mol. The third-order valence-electron chi connectivity index (χ3n) is 4.08. The summed E-state index contributed by atoms with van der Waals surface area (Å²) < 4.78 is 0. The van der Waals surface area contributed by atoms with E-state index in [9.17, 15) is 0 Å². The molecule has 0 saturated heterocycles. The second kappa shape index (κ2) is 12.2. The lowest BCUT2D eigenvalue weighted by Gasteiger charge is -2.31. The first-order chi connectivity index (χ1) is 10.3. The molecular formula is C16H34N4S. The lowest BCUT2D eigenvalue weighted by Crippen LogP contribution is -2.38. The summed E-state index contributed by atoms with van der Waals surface area (Å²) in [6.07, 6.45) is 10.3. The van der Waals surface area contributed by atoms with Crippen LogP contribution in [0.1, 0.15) is 45.4 Å². The molecule has 4 nitrogen and oxygen atoms in total. The zero-order valence-corrected chi connectivity index (χ0v) is 15.0. The summed E-state index contributed by atoms with van der Waals surface area (Å²) in [5.41, 5.74) is 0. The summed E-state index contributed by atoms with van der Waals surface area (Å²) in [6.45, 7) is 6.09. The number of hydrogen-bond donors (Lipinski definition) is 2. The van der Waals surface area contributed by atoms with Crippen molar-refractivity contribution in [2.75, 3.05) is 45.2 Å². The molecule has 0 aliphatic heterocycles. The molecule has 124 valence electrons. The summed E-state index contributed by atoms with van der Waals surface area (Å²) in [5.74, 6) is 2.08. The Kier molecular flexibility index (Phi) is 10.8. The maximum atomic E-state index is 4.66. The molecule has 0 aromatic carbocycles. The quantitative estimate of drug-likeness (QED) is 0.390. The molecule has 1 rings (SSSR count). The molecule has 1 aliphatic carbocycles. The van der Waals surface area contributed by atoms with E-state index in [0.29, 0.717) is 0 Å². The van der Waals surface area contributed by atoms with E-state index < -0.39 is 0 Å². The van der Waals surface area contributed by atoms with Crippen LogP contribution >= 0.6 is 11.8 Å². The summed E-state index contributed by atoms with van der Waals surface area (Å²) in [7, 11) is 2.28. The second-order valence-electron chi connectivity index (χ2n) is 5.81. The maximum Gasteiger partial charge on any atom is 0.191 e. The van der Waals surface area contributed by atoms with Gasteiger partial charge in [0, 0.05) is 31.4 Å². The first kappa shape index (κ1) is 18.6. The predicted octanol–water partition coefficient (Wildman–Crippen LogP) is 2.56. The maximum absolute atomic E-state index is 4.66. The van der Waals surface area contributed by atoms with Crippen LogP contribution in [0.4, 0.5) is 0 Å². The Hall–Kier alpha value is -0.420. The SMILES string of the molecule is CCNC(=NCCCN(C)C1CCCCC1)NCCSC. The molecule has 1 saturated carbocycles. The molecule has 1 aliphatic rings. The van der Waals surface area contributed by atoms with Crippen LogP contribution in [0.15, 0.2) is 4.99 Å². The number of thioether (sulfide) groups is 1. The predicted molar refractivity (Wildman–Crippen MR) is 96.5 cm³/mol. The highest BCUT2D eigenvalue weighted by atomic mass is 32.2. The minimum Gasteiger partial charge on any atom is -0.357 e. The summed E-state index contributed by atoms with van der Waals surface area (Å²) >= 11 is 1.86. The highest BCUT2D eigenvalue weighted by molar-refractivity contribution is 7.98. The van der Waals surface area contributed by atoms with Gasteiger partial charge in [0.25, 0.3) is 0 Å². The van der Waals surface area contributed by atoms with E-state index in [0.717, 1.165) is 43.8 Å². The lowest BCUT2D eigenvalue weighted by molar-refractivity contribution is 0.191. The van der Waals surface area contributed by atoms with E-state index in [4.69, 9.17) is 0 Å². The van der Waals surface area contributed by atoms with Gasteiger partial charge in [-0.05, 0) is 46.0 Å². The molecule has 1 fully saturated rings. The van der Waals surface area contributed by atoms with Gasteiger partial charge < -0.3 is 15.5 Å². The van der Waals surface area contributed by atoms with Gasteiger partial charge in [0.05, 0.1) is 0 Å². The fraction of sp³-hybridized carbons (Fsp3) is 0.938. The Morgan fingerprint density at radius 3 is 2.67 bits per heavy atom. The van der Waals surface area contributed by atoms with Gasteiger partial charge in [0.15, 0.2) is 5.96 Å². The van der Waals surface area contributed by atoms with Crippen LogP contribution < -0.4 is 10.6 Å². The van der Waals surface area contributed by atoms with E-state index in [2.05, 4.69) is 40.8 Å². The van der Waals surface area contributed by atoms with Crippen molar-refractivity contribution >= 4 is 17.7 Å². The van der Waals surface area contributed by atoms with E-state index in [1.165, 1.54) is 38.6 Å². The Morgan fingerprint density at radius 2 is 2.00 bits per heavy atom. The highest BCUT2D eigenvalue weighted by Gasteiger charge is 2.17. The molecule has 21 heavy (non-hydrogen) atoms. The minimum atomic E-state index is 0.815. The van der Waals surface area contributed by atoms with Gasteiger partial charge >= 0.3 is 0 Å². The van der Waals surface area contributed by atoms with Gasteiger partial charge in [0.2, 0.25) is 0 Å². The Labute approximate surface area is 135 Å². The van der Waals surface area contributed by atoms with E-state index in [1.54, 1.807) is 0 Å². The zero-order valence-electron chi connectivity index (χ0n) is 14.2. The number of nitrogens with zero attached hydrogens (tertiary/aromatic N) is 2. The summed E-state index contributed by atoms with van der Waals surface area (Å²) in [4.78, 5) is 7.21. The molecule has 0 aromatic heterocycles. The average Bonchev–Trinajstić information content (AvgIpc) is 2.52. The summed E-state index contributed by atoms with van der Waals surface area (Å²) in [6, 6.07) is 0.815. The fourth-order valence-electron chi connectivity index (χ4n) is 2.83. The van der Waals surface area contributed by atoms with E-state index in [-0.39, 0.29) is 0 Å². The monoisotopic (exact) mass is 314 g/mol. The van der Waals surface area contributed by atoms with Crippen molar-refractivity contribution in [3.63, 3.8) is 0 Å². The van der Waals surface area contributed by atoms with Crippen LogP contribution in [-0.4, -0.2) is 62.1 Å². The van der Waals surface area contributed by atoms with Gasteiger partial charge in [-0.2, -0.15) is 11.8 Å². The molecule has 0 spiro atoms. The normalized spacial score (nSPS) is 17.2. The fourth-order valence-corrected chi connectivity index (χ4v) is 3.13. The van der Waals surface area contributed by atoms with Crippen LogP contribution in [-0.2, 0) is 0 Å². The highest BCUT2D eigenvalue weighted by Crippen LogP contribution is 2.21. The smallest absolute Gasteiger partial charge is 0.191 e. The third-order valence-corrected chi connectivity index (χ3v) is 4.69. The van der Waals surface area contributed by atoms with Gasteiger partial charge in [-0.1, -0.05) is 19.3 Å². The van der Waals surface area contributed by atoms with Crippen LogP contribution in [0.25, 0.3) is 0 Å². The van der Waals surface area contributed by atoms with Gasteiger partial charge in [-0.25, -0.2) is 0 Å². The molecule has 0 unspecified atom stereocenters. The molecule has 0 radical (unpaired) electrons. The van der Waals surface area contributed by atoms with Crippen molar-refractivity contribution in [2.45, 2.75) is 51.5 Å². The molecule has 0 heterocycles. The Balaban J connectivity index is 2.19. The zero-order chi connectivity index (χ0) is 15.3. The second-order valence-corrected chi connectivity index (χ2v) is 6.79. The topological polar surface area (TPSA) is 39.7 Å². The molecule has 5 heteroatoms. The van der Waals surface area contributed by atoms with E-state index in [1.807, 2.05) is 11.8 Å². The first-order valence-electron chi connectivity index (χ1n) is 8.49.